The second-order valence-electron chi connectivity index (χ2n) is 3.36. The van der Waals surface area contributed by atoms with Crippen molar-refractivity contribution < 1.29 is 19.0 Å². The molecule has 0 unspecified atom stereocenters. The summed E-state index contributed by atoms with van der Waals surface area (Å²) >= 11 is 0. The van der Waals surface area contributed by atoms with E-state index in [1.165, 1.54) is 13.2 Å². The normalized spacial score (nSPS) is 10.5. The van der Waals surface area contributed by atoms with Crippen molar-refractivity contribution in [3.63, 3.8) is 0 Å². The summed E-state index contributed by atoms with van der Waals surface area (Å²) < 4.78 is 15.1. The van der Waals surface area contributed by atoms with Crippen LogP contribution in [0.2, 0.25) is 0 Å². The Labute approximate surface area is 97.2 Å². The van der Waals surface area contributed by atoms with E-state index in [2.05, 4.69) is 0 Å². The Morgan fingerprint density at radius 3 is 2.82 bits per heavy atom. The van der Waals surface area contributed by atoms with Gasteiger partial charge in [-0.05, 0) is 19.1 Å². The summed E-state index contributed by atoms with van der Waals surface area (Å²) in [7, 11) is 1.51. The van der Waals surface area contributed by atoms with E-state index in [4.69, 9.17) is 13.9 Å². The van der Waals surface area contributed by atoms with Crippen molar-refractivity contribution >= 4 is 11.0 Å². The molecule has 2 rings (SSSR count). The largest absolute Gasteiger partial charge is 0.504 e. The average molecular weight is 236 g/mol. The molecule has 0 atom stereocenters. The van der Waals surface area contributed by atoms with E-state index in [0.717, 1.165) is 0 Å². The Morgan fingerprint density at radius 1 is 1.41 bits per heavy atom. The van der Waals surface area contributed by atoms with E-state index in [9.17, 15) is 9.90 Å². The Kier molecular flexibility index (Phi) is 2.91. The molecule has 5 nitrogen and oxygen atoms in total. The van der Waals surface area contributed by atoms with E-state index < -0.39 is 5.63 Å². The van der Waals surface area contributed by atoms with Crippen molar-refractivity contribution in [1.29, 1.82) is 0 Å². The lowest BCUT2D eigenvalue weighted by molar-refractivity contribution is 0.301. The molecule has 1 heterocycles. The molecule has 0 aliphatic rings. The van der Waals surface area contributed by atoms with Crippen LogP contribution in [-0.4, -0.2) is 18.8 Å². The number of fused-ring (bicyclic) bond motifs is 1. The van der Waals surface area contributed by atoms with Crippen molar-refractivity contribution in [3.05, 3.63) is 28.6 Å². The van der Waals surface area contributed by atoms with Crippen molar-refractivity contribution in [1.82, 2.24) is 0 Å². The minimum Gasteiger partial charge on any atom is -0.504 e. The molecule has 1 aromatic heterocycles. The molecule has 0 aliphatic carbocycles. The second kappa shape index (κ2) is 4.37. The number of methoxy groups -OCH3 is 1. The highest BCUT2D eigenvalue weighted by atomic mass is 16.5. The minimum absolute atomic E-state index is 0.162. The number of hydrogen-bond donors (Lipinski definition) is 1. The third kappa shape index (κ3) is 1.91. The van der Waals surface area contributed by atoms with Gasteiger partial charge in [-0.25, -0.2) is 4.79 Å². The van der Waals surface area contributed by atoms with Gasteiger partial charge in [-0.2, -0.15) is 0 Å². The summed E-state index contributed by atoms with van der Waals surface area (Å²) in [6.45, 7) is 2.00. The van der Waals surface area contributed by atoms with Crippen molar-refractivity contribution in [2.24, 2.45) is 0 Å². The number of hydrogen-bond acceptors (Lipinski definition) is 5. The van der Waals surface area contributed by atoms with E-state index >= 15 is 0 Å². The predicted molar refractivity (Wildman–Crippen MR) is 61.9 cm³/mol. The van der Waals surface area contributed by atoms with Crippen molar-refractivity contribution in [2.75, 3.05) is 13.7 Å². The molecular formula is C12H12O5. The quantitative estimate of drug-likeness (QED) is 0.824. The first-order chi connectivity index (χ1) is 8.17. The first-order valence-corrected chi connectivity index (χ1v) is 5.14. The zero-order chi connectivity index (χ0) is 12.4. The molecule has 0 radical (unpaired) electrons. The van der Waals surface area contributed by atoms with E-state index in [-0.39, 0.29) is 23.7 Å². The zero-order valence-electron chi connectivity index (χ0n) is 9.52. The number of rotatable bonds is 3. The van der Waals surface area contributed by atoms with Crippen LogP contribution in [0.5, 0.6) is 17.2 Å². The highest BCUT2D eigenvalue weighted by molar-refractivity contribution is 5.86. The molecule has 90 valence electrons. The average Bonchev–Trinajstić information content (AvgIpc) is 2.33. The highest BCUT2D eigenvalue weighted by Crippen LogP contribution is 2.32. The fourth-order valence-electron chi connectivity index (χ4n) is 1.55. The predicted octanol–water partition coefficient (Wildman–Crippen LogP) is 1.91. The molecule has 1 N–H and O–H groups in total. The van der Waals surface area contributed by atoms with Gasteiger partial charge in [0.25, 0.3) is 0 Å². The summed E-state index contributed by atoms with van der Waals surface area (Å²) in [5.74, 6) is 0.176. The Bertz CT molecular complexity index is 600. The Morgan fingerprint density at radius 2 is 2.18 bits per heavy atom. The molecule has 0 bridgehead atoms. The first-order valence-electron chi connectivity index (χ1n) is 5.14. The molecule has 1 aromatic carbocycles. The Hall–Kier alpha value is -2.17. The number of aromatic hydroxyl groups is 1. The topological polar surface area (TPSA) is 68.9 Å². The lowest BCUT2D eigenvalue weighted by Crippen LogP contribution is -2.06. The summed E-state index contributed by atoms with van der Waals surface area (Å²) in [6.07, 6.45) is 0. The van der Waals surface area contributed by atoms with Crippen LogP contribution in [0.25, 0.3) is 11.0 Å². The van der Waals surface area contributed by atoms with E-state index in [0.29, 0.717) is 11.1 Å². The Balaban J connectivity index is 2.72. The van der Waals surface area contributed by atoms with Crippen LogP contribution in [0, 0.1) is 0 Å². The van der Waals surface area contributed by atoms with Crippen LogP contribution < -0.4 is 15.1 Å². The van der Waals surface area contributed by atoms with Gasteiger partial charge in [0.1, 0.15) is 11.3 Å². The molecule has 17 heavy (non-hydrogen) atoms. The molecule has 2 aromatic rings. The van der Waals surface area contributed by atoms with Gasteiger partial charge in [0.2, 0.25) is 5.75 Å². The summed E-state index contributed by atoms with van der Waals surface area (Å²) in [5, 5.41) is 10.3. The van der Waals surface area contributed by atoms with Crippen LogP contribution in [0.15, 0.2) is 27.4 Å². The lowest BCUT2D eigenvalue weighted by Gasteiger charge is -2.07. The number of benzene rings is 1. The van der Waals surface area contributed by atoms with Crippen molar-refractivity contribution in [2.45, 2.75) is 6.92 Å². The fraction of sp³-hybridized carbons (Fsp3) is 0.250. The molecule has 0 saturated carbocycles. The third-order valence-electron chi connectivity index (χ3n) is 2.34. The summed E-state index contributed by atoms with van der Waals surface area (Å²) in [6, 6.07) is 4.80. The van der Waals surface area contributed by atoms with Gasteiger partial charge in [-0.15, -0.1) is 0 Å². The van der Waals surface area contributed by atoms with Crippen LogP contribution in [-0.2, 0) is 0 Å². The van der Waals surface area contributed by atoms with Gasteiger partial charge in [0.05, 0.1) is 19.1 Å². The van der Waals surface area contributed by atoms with Gasteiger partial charge >= 0.3 is 5.63 Å². The second-order valence-corrected chi connectivity index (χ2v) is 3.36. The molecule has 0 spiro atoms. The molecular weight excluding hydrogens is 224 g/mol. The maximum Gasteiger partial charge on any atom is 0.383 e. The van der Waals surface area contributed by atoms with Gasteiger partial charge in [-0.3, -0.25) is 0 Å². The standard InChI is InChI=1S/C12H12O5/c1-3-16-11-10(13)8-5-4-7(15-2)6-9(8)17-12(11)14/h4-6,13H,3H2,1-2H3. The minimum atomic E-state index is -0.704. The van der Waals surface area contributed by atoms with Crippen LogP contribution in [0.3, 0.4) is 0 Å². The molecule has 0 amide bonds. The van der Waals surface area contributed by atoms with Crippen LogP contribution >= 0.6 is 0 Å². The van der Waals surface area contributed by atoms with Crippen molar-refractivity contribution in [3.8, 4) is 17.2 Å². The lowest BCUT2D eigenvalue weighted by atomic mass is 10.2. The van der Waals surface area contributed by atoms with Gasteiger partial charge in [0.15, 0.2) is 5.75 Å². The van der Waals surface area contributed by atoms with E-state index in [1.807, 2.05) is 0 Å². The van der Waals surface area contributed by atoms with Gasteiger partial charge in [0, 0.05) is 6.07 Å². The third-order valence-corrected chi connectivity index (χ3v) is 2.34. The van der Waals surface area contributed by atoms with Crippen LogP contribution in [0.4, 0.5) is 0 Å². The van der Waals surface area contributed by atoms with Crippen LogP contribution in [0.1, 0.15) is 6.92 Å². The zero-order valence-corrected chi connectivity index (χ0v) is 9.52. The summed E-state index contributed by atoms with van der Waals surface area (Å²) in [4.78, 5) is 11.6. The number of ether oxygens (including phenoxy) is 2. The maximum absolute atomic E-state index is 11.6. The van der Waals surface area contributed by atoms with Gasteiger partial charge < -0.3 is 19.0 Å². The molecule has 0 saturated heterocycles. The fourth-order valence-corrected chi connectivity index (χ4v) is 1.55. The SMILES string of the molecule is CCOc1c(O)c2ccc(OC)cc2oc1=O. The molecule has 5 heteroatoms. The monoisotopic (exact) mass is 236 g/mol. The highest BCUT2D eigenvalue weighted by Gasteiger charge is 2.15. The summed E-state index contributed by atoms with van der Waals surface area (Å²) in [5.41, 5.74) is -0.444. The molecule has 0 fully saturated rings. The first kappa shape index (κ1) is 11.3. The molecule has 0 aliphatic heterocycles. The van der Waals surface area contributed by atoms with Gasteiger partial charge in [-0.1, -0.05) is 0 Å². The smallest absolute Gasteiger partial charge is 0.383 e. The maximum atomic E-state index is 11.6. The van der Waals surface area contributed by atoms with E-state index in [1.54, 1.807) is 19.1 Å².